The van der Waals surface area contributed by atoms with Gasteiger partial charge in [-0.25, -0.2) is 0 Å². The van der Waals surface area contributed by atoms with Crippen molar-refractivity contribution in [3.8, 4) is 0 Å². The third kappa shape index (κ3) is 3.81. The Morgan fingerprint density at radius 2 is 1.91 bits per heavy atom. The van der Waals surface area contributed by atoms with E-state index in [4.69, 9.17) is 0 Å². The van der Waals surface area contributed by atoms with Crippen LogP contribution in [-0.4, -0.2) is 59.0 Å². The molecule has 0 radical (unpaired) electrons. The van der Waals surface area contributed by atoms with Crippen molar-refractivity contribution >= 4 is 22.9 Å². The molecule has 22 heavy (non-hydrogen) atoms. The number of amides is 2. The number of thioether (sulfide) groups is 1. The van der Waals surface area contributed by atoms with E-state index in [9.17, 15) is 9.59 Å². The van der Waals surface area contributed by atoms with Crippen LogP contribution in [0.25, 0.3) is 0 Å². The molecular formula is C16H21N3O2S. The molecule has 2 saturated heterocycles. The Hall–Kier alpha value is -1.53. The van der Waals surface area contributed by atoms with E-state index in [0.29, 0.717) is 5.56 Å². The monoisotopic (exact) mass is 319 g/mol. The molecule has 2 aliphatic rings. The first kappa shape index (κ1) is 15.4. The van der Waals surface area contributed by atoms with Gasteiger partial charge in [0.25, 0.3) is 11.1 Å². The molecule has 0 aliphatic carbocycles. The number of hydrogen-bond donors (Lipinski definition) is 1. The van der Waals surface area contributed by atoms with Gasteiger partial charge < -0.3 is 10.2 Å². The second kappa shape index (κ2) is 7.15. The average molecular weight is 319 g/mol. The van der Waals surface area contributed by atoms with Crippen LogP contribution in [0, 0.1) is 0 Å². The zero-order chi connectivity index (χ0) is 15.4. The largest absolute Gasteiger partial charge is 0.349 e. The lowest BCUT2D eigenvalue weighted by Crippen LogP contribution is -2.48. The summed E-state index contributed by atoms with van der Waals surface area (Å²) >= 11 is 1.40. The SMILES string of the molecule is O=C(NC1CCN(CN2CCSC2=O)CC1)c1ccccc1. The Labute approximate surface area is 135 Å². The minimum Gasteiger partial charge on any atom is -0.349 e. The minimum atomic E-state index is 0.00479. The first-order valence-electron chi connectivity index (χ1n) is 7.72. The smallest absolute Gasteiger partial charge is 0.282 e. The molecule has 0 saturated carbocycles. The second-order valence-corrected chi connectivity index (χ2v) is 6.80. The third-order valence-corrected chi connectivity index (χ3v) is 5.07. The van der Waals surface area contributed by atoms with Crippen molar-refractivity contribution in [1.82, 2.24) is 15.1 Å². The van der Waals surface area contributed by atoms with E-state index < -0.39 is 0 Å². The zero-order valence-corrected chi connectivity index (χ0v) is 13.3. The number of nitrogens with zero attached hydrogens (tertiary/aromatic N) is 2. The molecule has 1 N–H and O–H groups in total. The summed E-state index contributed by atoms with van der Waals surface area (Å²) in [5, 5.41) is 3.30. The lowest BCUT2D eigenvalue weighted by Gasteiger charge is -2.34. The van der Waals surface area contributed by atoms with Gasteiger partial charge in [-0.05, 0) is 25.0 Å². The van der Waals surface area contributed by atoms with Gasteiger partial charge in [-0.15, -0.1) is 0 Å². The Kier molecular flexibility index (Phi) is 5.00. The topological polar surface area (TPSA) is 52.7 Å². The summed E-state index contributed by atoms with van der Waals surface area (Å²) in [6.07, 6.45) is 1.88. The maximum atomic E-state index is 12.1. The van der Waals surface area contributed by atoms with E-state index in [0.717, 1.165) is 44.9 Å². The summed E-state index contributed by atoms with van der Waals surface area (Å²) in [7, 11) is 0. The van der Waals surface area contributed by atoms with Gasteiger partial charge in [0.15, 0.2) is 0 Å². The molecule has 3 rings (SSSR count). The van der Waals surface area contributed by atoms with E-state index in [2.05, 4.69) is 10.2 Å². The van der Waals surface area contributed by atoms with Crippen LogP contribution in [0.15, 0.2) is 30.3 Å². The van der Waals surface area contributed by atoms with Crippen LogP contribution >= 0.6 is 11.8 Å². The molecule has 0 aromatic heterocycles. The number of benzene rings is 1. The molecule has 2 heterocycles. The van der Waals surface area contributed by atoms with Crippen molar-refractivity contribution < 1.29 is 9.59 Å². The molecule has 0 atom stereocenters. The molecule has 5 nitrogen and oxygen atoms in total. The predicted octanol–water partition coefficient (Wildman–Crippen LogP) is 2.01. The number of likely N-dealkylation sites (tertiary alicyclic amines) is 1. The van der Waals surface area contributed by atoms with Crippen LogP contribution < -0.4 is 5.32 Å². The first-order valence-corrected chi connectivity index (χ1v) is 8.71. The molecule has 0 bridgehead atoms. The van der Waals surface area contributed by atoms with Gasteiger partial charge in [0.05, 0.1) is 6.67 Å². The van der Waals surface area contributed by atoms with Gasteiger partial charge in [-0.3, -0.25) is 14.5 Å². The van der Waals surface area contributed by atoms with Crippen LogP contribution in [0.2, 0.25) is 0 Å². The maximum Gasteiger partial charge on any atom is 0.282 e. The van der Waals surface area contributed by atoms with E-state index in [-0.39, 0.29) is 17.2 Å². The fourth-order valence-electron chi connectivity index (χ4n) is 2.87. The third-order valence-electron chi connectivity index (χ3n) is 4.17. The highest BCUT2D eigenvalue weighted by Gasteiger charge is 2.26. The number of nitrogens with one attached hydrogen (secondary N) is 1. The van der Waals surface area contributed by atoms with Crippen molar-refractivity contribution in [3.63, 3.8) is 0 Å². The molecule has 2 fully saturated rings. The van der Waals surface area contributed by atoms with Crippen molar-refractivity contribution in [2.75, 3.05) is 32.1 Å². The maximum absolute atomic E-state index is 12.1. The summed E-state index contributed by atoms with van der Waals surface area (Å²) in [4.78, 5) is 28.0. The predicted molar refractivity (Wildman–Crippen MR) is 87.9 cm³/mol. The molecule has 0 spiro atoms. The van der Waals surface area contributed by atoms with Gasteiger partial charge in [0, 0.05) is 37.0 Å². The van der Waals surface area contributed by atoms with Crippen molar-refractivity contribution in [3.05, 3.63) is 35.9 Å². The molecular weight excluding hydrogens is 298 g/mol. The van der Waals surface area contributed by atoms with Crippen molar-refractivity contribution in [2.45, 2.75) is 18.9 Å². The van der Waals surface area contributed by atoms with Crippen LogP contribution in [-0.2, 0) is 0 Å². The summed E-state index contributed by atoms with van der Waals surface area (Å²) in [5.74, 6) is 0.910. The molecule has 2 aliphatic heterocycles. The van der Waals surface area contributed by atoms with Crippen LogP contribution in [0.3, 0.4) is 0 Å². The van der Waals surface area contributed by atoms with Crippen LogP contribution in [0.4, 0.5) is 4.79 Å². The molecule has 6 heteroatoms. The highest BCUT2D eigenvalue weighted by Crippen LogP contribution is 2.19. The van der Waals surface area contributed by atoms with E-state index in [1.807, 2.05) is 35.2 Å². The summed E-state index contributed by atoms with van der Waals surface area (Å²) in [6, 6.07) is 9.56. The summed E-state index contributed by atoms with van der Waals surface area (Å²) < 4.78 is 0. The van der Waals surface area contributed by atoms with Crippen LogP contribution in [0.5, 0.6) is 0 Å². The second-order valence-electron chi connectivity index (χ2n) is 5.75. The van der Waals surface area contributed by atoms with E-state index in [1.54, 1.807) is 0 Å². The number of hydrogen-bond acceptors (Lipinski definition) is 4. The summed E-state index contributed by atoms with van der Waals surface area (Å²) in [5.41, 5.74) is 0.713. The molecule has 118 valence electrons. The molecule has 2 amide bonds. The van der Waals surface area contributed by atoms with Gasteiger partial charge in [0.2, 0.25) is 0 Å². The lowest BCUT2D eigenvalue weighted by atomic mass is 10.0. The standard InChI is InChI=1S/C16H21N3O2S/c20-15(13-4-2-1-3-5-13)17-14-6-8-18(9-7-14)12-19-10-11-22-16(19)21/h1-5,14H,6-12H2,(H,17,20). The zero-order valence-electron chi connectivity index (χ0n) is 12.5. The number of piperidine rings is 1. The van der Waals surface area contributed by atoms with E-state index >= 15 is 0 Å². The van der Waals surface area contributed by atoms with Crippen molar-refractivity contribution in [2.24, 2.45) is 0 Å². The summed E-state index contributed by atoms with van der Waals surface area (Å²) in [6.45, 7) is 3.43. The quantitative estimate of drug-likeness (QED) is 0.922. The lowest BCUT2D eigenvalue weighted by molar-refractivity contribution is 0.0890. The Bertz CT molecular complexity index is 529. The van der Waals surface area contributed by atoms with Gasteiger partial charge >= 0.3 is 0 Å². The average Bonchev–Trinajstić information content (AvgIpc) is 2.95. The van der Waals surface area contributed by atoms with Crippen molar-refractivity contribution in [1.29, 1.82) is 0 Å². The van der Waals surface area contributed by atoms with Gasteiger partial charge in [0.1, 0.15) is 0 Å². The van der Waals surface area contributed by atoms with Gasteiger partial charge in [-0.2, -0.15) is 0 Å². The van der Waals surface area contributed by atoms with E-state index in [1.165, 1.54) is 11.8 Å². The highest BCUT2D eigenvalue weighted by atomic mass is 32.2. The number of rotatable bonds is 4. The fourth-order valence-corrected chi connectivity index (χ4v) is 3.69. The minimum absolute atomic E-state index is 0.00479. The van der Waals surface area contributed by atoms with Crippen LogP contribution in [0.1, 0.15) is 23.2 Å². The Morgan fingerprint density at radius 3 is 2.55 bits per heavy atom. The Morgan fingerprint density at radius 1 is 1.18 bits per heavy atom. The first-order chi connectivity index (χ1) is 10.7. The fraction of sp³-hybridized carbons (Fsp3) is 0.500. The van der Waals surface area contributed by atoms with Gasteiger partial charge in [-0.1, -0.05) is 30.0 Å². The molecule has 1 aromatic rings. The number of carbonyl (C=O) groups excluding carboxylic acids is 2. The molecule has 0 unspecified atom stereocenters. The molecule has 1 aromatic carbocycles. The number of carbonyl (C=O) groups is 2. The highest BCUT2D eigenvalue weighted by molar-refractivity contribution is 8.13. The normalized spacial score (nSPS) is 20.4. The Balaban J connectivity index is 1.44.